The molecule has 3 heterocycles. The second-order valence-corrected chi connectivity index (χ2v) is 4.81. The molecular weight excluding hydrogens is 240 g/mol. The van der Waals surface area contributed by atoms with Crippen molar-refractivity contribution in [3.63, 3.8) is 0 Å². The summed E-state index contributed by atoms with van der Waals surface area (Å²) < 4.78 is 5.36. The highest BCUT2D eigenvalue weighted by Crippen LogP contribution is 2.19. The number of hydrazone groups is 1. The summed E-state index contributed by atoms with van der Waals surface area (Å²) in [5.41, 5.74) is 0. The molecule has 2 saturated heterocycles. The molecule has 1 aromatic rings. The van der Waals surface area contributed by atoms with Gasteiger partial charge in [0.05, 0.1) is 26.3 Å². The average Bonchev–Trinajstić information content (AvgIpc) is 2.50. The van der Waals surface area contributed by atoms with Crippen LogP contribution in [0.2, 0.25) is 0 Å². The number of piperidine rings is 1. The van der Waals surface area contributed by atoms with Gasteiger partial charge in [0, 0.05) is 25.2 Å². The van der Waals surface area contributed by atoms with Crippen molar-refractivity contribution in [2.45, 2.75) is 19.3 Å². The molecule has 2 aliphatic rings. The third-order valence-corrected chi connectivity index (χ3v) is 3.46. The number of ether oxygens (including phenoxy) is 1. The molecule has 0 saturated carbocycles. The first-order chi connectivity index (χ1) is 9.43. The number of aromatic nitrogens is 1. The van der Waals surface area contributed by atoms with Crippen molar-refractivity contribution in [1.29, 1.82) is 0 Å². The third-order valence-electron chi connectivity index (χ3n) is 3.46. The van der Waals surface area contributed by atoms with Crippen molar-refractivity contribution in [3.8, 4) is 0 Å². The summed E-state index contributed by atoms with van der Waals surface area (Å²) in [5, 5.41) is 6.92. The number of amidine groups is 1. The van der Waals surface area contributed by atoms with E-state index in [0.29, 0.717) is 0 Å². The Balaban J connectivity index is 1.78. The Bertz CT molecular complexity index is 428. The van der Waals surface area contributed by atoms with Crippen LogP contribution in [0.4, 0.5) is 5.82 Å². The van der Waals surface area contributed by atoms with Gasteiger partial charge in [0.1, 0.15) is 11.7 Å². The van der Waals surface area contributed by atoms with E-state index in [0.717, 1.165) is 50.9 Å². The van der Waals surface area contributed by atoms with Gasteiger partial charge in [0.15, 0.2) is 0 Å². The summed E-state index contributed by atoms with van der Waals surface area (Å²) >= 11 is 0. The van der Waals surface area contributed by atoms with E-state index in [1.807, 2.05) is 12.1 Å². The molecule has 0 bridgehead atoms. The van der Waals surface area contributed by atoms with Gasteiger partial charge in [-0.2, -0.15) is 5.10 Å². The van der Waals surface area contributed by atoms with E-state index in [2.05, 4.69) is 21.0 Å². The molecule has 0 N–H and O–H groups in total. The second kappa shape index (κ2) is 6.02. The van der Waals surface area contributed by atoms with Crippen molar-refractivity contribution < 1.29 is 4.74 Å². The fourth-order valence-corrected chi connectivity index (χ4v) is 2.46. The van der Waals surface area contributed by atoms with Gasteiger partial charge in [-0.25, -0.2) is 4.98 Å². The fraction of sp³-hybridized carbons (Fsp3) is 0.571. The summed E-state index contributed by atoms with van der Waals surface area (Å²) in [4.78, 5) is 6.62. The lowest BCUT2D eigenvalue weighted by atomic mass is 10.1. The smallest absolute Gasteiger partial charge is 0.133 e. The van der Waals surface area contributed by atoms with E-state index in [1.165, 1.54) is 12.8 Å². The minimum atomic E-state index is 0.773. The van der Waals surface area contributed by atoms with Crippen LogP contribution in [0.5, 0.6) is 0 Å². The van der Waals surface area contributed by atoms with Crippen molar-refractivity contribution >= 4 is 11.7 Å². The normalized spacial score (nSPS) is 22.8. The van der Waals surface area contributed by atoms with Gasteiger partial charge >= 0.3 is 0 Å². The summed E-state index contributed by atoms with van der Waals surface area (Å²) in [6.45, 7) is 4.31. The van der Waals surface area contributed by atoms with Crippen LogP contribution < -0.4 is 4.90 Å². The molecular formula is C14H19N4O. The topological polar surface area (TPSA) is 41.0 Å². The van der Waals surface area contributed by atoms with E-state index >= 15 is 0 Å². The molecule has 0 aliphatic carbocycles. The van der Waals surface area contributed by atoms with E-state index in [9.17, 15) is 0 Å². The Morgan fingerprint density at radius 2 is 2.11 bits per heavy atom. The van der Waals surface area contributed by atoms with E-state index < -0.39 is 0 Å². The molecule has 2 aliphatic heterocycles. The lowest BCUT2D eigenvalue weighted by Gasteiger charge is -2.32. The molecule has 5 nitrogen and oxygen atoms in total. The molecule has 0 spiro atoms. The summed E-state index contributed by atoms with van der Waals surface area (Å²) in [7, 11) is 0. The van der Waals surface area contributed by atoms with Gasteiger partial charge in [-0.3, -0.25) is 5.01 Å². The Morgan fingerprint density at radius 3 is 2.89 bits per heavy atom. The maximum absolute atomic E-state index is 5.36. The molecule has 1 aromatic heterocycles. The number of hydrogen-bond acceptors (Lipinski definition) is 4. The molecule has 2 fully saturated rings. The van der Waals surface area contributed by atoms with Crippen LogP contribution in [0.1, 0.15) is 19.3 Å². The van der Waals surface area contributed by atoms with Gasteiger partial charge < -0.3 is 9.64 Å². The monoisotopic (exact) mass is 259 g/mol. The molecule has 0 unspecified atom stereocenters. The highest BCUT2D eigenvalue weighted by molar-refractivity contribution is 5.97. The van der Waals surface area contributed by atoms with Crippen LogP contribution in [-0.4, -0.2) is 48.7 Å². The van der Waals surface area contributed by atoms with Crippen molar-refractivity contribution in [3.05, 3.63) is 24.4 Å². The molecule has 0 atom stereocenters. The molecule has 5 heteroatoms. The van der Waals surface area contributed by atoms with Crippen LogP contribution in [-0.2, 0) is 4.74 Å². The summed E-state index contributed by atoms with van der Waals surface area (Å²) in [5.74, 6) is 2.11. The van der Waals surface area contributed by atoms with Crippen molar-refractivity contribution in [2.24, 2.45) is 5.10 Å². The number of morpholine rings is 1. The lowest BCUT2D eigenvalue weighted by molar-refractivity contribution is 0.0391. The number of nitrogens with zero attached hydrogens (tertiary/aromatic N) is 4. The molecule has 0 aromatic carbocycles. The SMILES string of the molecule is [c]1ccc(N2CCCCC2=NN2CCOCC2)nc1. The number of anilines is 1. The molecule has 1 radical (unpaired) electrons. The maximum atomic E-state index is 5.36. The van der Waals surface area contributed by atoms with Crippen LogP contribution in [0.3, 0.4) is 0 Å². The van der Waals surface area contributed by atoms with Crippen LogP contribution in [0.25, 0.3) is 0 Å². The standard InChI is InChI=1S/C14H19N4O/c1-3-7-15-13(5-1)18-8-4-2-6-14(18)16-17-9-11-19-12-10-17/h1,5,7H,2,4,6,8-12H2. The fourth-order valence-electron chi connectivity index (χ4n) is 2.46. The zero-order valence-electron chi connectivity index (χ0n) is 11.1. The largest absolute Gasteiger partial charge is 0.378 e. The Labute approximate surface area is 113 Å². The number of hydrogen-bond donors (Lipinski definition) is 0. The zero-order chi connectivity index (χ0) is 12.9. The molecule has 3 rings (SSSR count). The van der Waals surface area contributed by atoms with Gasteiger partial charge in [0.2, 0.25) is 0 Å². The Kier molecular flexibility index (Phi) is 3.93. The Morgan fingerprint density at radius 1 is 1.21 bits per heavy atom. The van der Waals surface area contributed by atoms with Crippen molar-refractivity contribution in [2.75, 3.05) is 37.7 Å². The quantitative estimate of drug-likeness (QED) is 0.807. The maximum Gasteiger partial charge on any atom is 0.133 e. The van der Waals surface area contributed by atoms with E-state index in [-0.39, 0.29) is 0 Å². The molecule has 19 heavy (non-hydrogen) atoms. The van der Waals surface area contributed by atoms with Gasteiger partial charge in [-0.15, -0.1) is 0 Å². The first-order valence-corrected chi connectivity index (χ1v) is 6.93. The van der Waals surface area contributed by atoms with E-state index in [4.69, 9.17) is 9.84 Å². The first-order valence-electron chi connectivity index (χ1n) is 6.93. The minimum Gasteiger partial charge on any atom is -0.378 e. The number of pyridine rings is 1. The summed E-state index contributed by atoms with van der Waals surface area (Å²) in [6.07, 6.45) is 5.15. The lowest BCUT2D eigenvalue weighted by Crippen LogP contribution is -2.40. The van der Waals surface area contributed by atoms with Gasteiger partial charge in [-0.05, 0) is 25.0 Å². The highest BCUT2D eigenvalue weighted by Gasteiger charge is 2.20. The van der Waals surface area contributed by atoms with Crippen molar-refractivity contribution in [1.82, 2.24) is 9.99 Å². The third kappa shape index (κ3) is 3.04. The minimum absolute atomic E-state index is 0.773. The predicted molar refractivity (Wildman–Crippen MR) is 74.1 cm³/mol. The zero-order valence-corrected chi connectivity index (χ0v) is 11.1. The van der Waals surface area contributed by atoms with Gasteiger partial charge in [-0.1, -0.05) is 0 Å². The molecule has 0 amide bonds. The summed E-state index contributed by atoms with van der Waals surface area (Å²) in [6, 6.07) is 6.87. The number of rotatable bonds is 2. The second-order valence-electron chi connectivity index (χ2n) is 4.81. The first kappa shape index (κ1) is 12.4. The van der Waals surface area contributed by atoms with Crippen LogP contribution in [0.15, 0.2) is 23.4 Å². The average molecular weight is 259 g/mol. The van der Waals surface area contributed by atoms with Crippen LogP contribution >= 0.6 is 0 Å². The van der Waals surface area contributed by atoms with E-state index in [1.54, 1.807) is 6.20 Å². The molecule has 101 valence electrons. The van der Waals surface area contributed by atoms with Crippen LogP contribution in [0, 0.1) is 6.07 Å². The Hall–Kier alpha value is -1.62. The predicted octanol–water partition coefficient (Wildman–Crippen LogP) is 1.52. The highest BCUT2D eigenvalue weighted by atomic mass is 16.5. The van der Waals surface area contributed by atoms with Gasteiger partial charge in [0.25, 0.3) is 0 Å².